The number of nitrogens with zero attached hydrogens (tertiary/aromatic N) is 1. The molecule has 0 unspecified atom stereocenters. The number of hydrogen-bond acceptors (Lipinski definition) is 2. The standard InChI is InChI=1S/C16H14FN3/c17-11-7-5-10(6-8-11)15-12-3-1-2-4-14(12)20-16(19)13(15)9-18/h5-8H,1-4H2,(H2,19,20)/p+1. The first-order chi connectivity index (χ1) is 9.70. The second-order valence-electron chi connectivity index (χ2n) is 5.07. The van der Waals surface area contributed by atoms with Crippen molar-refractivity contribution >= 4 is 5.82 Å². The first-order valence-electron chi connectivity index (χ1n) is 6.73. The number of aromatic nitrogens is 1. The number of aromatic amines is 1. The monoisotopic (exact) mass is 268 g/mol. The number of hydrogen-bond donors (Lipinski definition) is 1. The summed E-state index contributed by atoms with van der Waals surface area (Å²) in [5.41, 5.74) is 10.4. The van der Waals surface area contributed by atoms with E-state index in [1.54, 1.807) is 12.1 Å². The number of nitriles is 1. The number of fused-ring (bicyclic) bond motifs is 1. The summed E-state index contributed by atoms with van der Waals surface area (Å²) < 4.78 is 13.1. The van der Waals surface area contributed by atoms with Gasteiger partial charge >= 0.3 is 0 Å². The highest BCUT2D eigenvalue weighted by Gasteiger charge is 2.24. The Bertz CT molecular complexity index is 699. The summed E-state index contributed by atoms with van der Waals surface area (Å²) in [6, 6.07) is 8.42. The quantitative estimate of drug-likeness (QED) is 0.864. The van der Waals surface area contributed by atoms with E-state index in [9.17, 15) is 9.65 Å². The number of nitrogens with two attached hydrogens (primary N) is 1. The van der Waals surface area contributed by atoms with Gasteiger partial charge in [-0.1, -0.05) is 12.1 Å². The van der Waals surface area contributed by atoms with Gasteiger partial charge in [-0.2, -0.15) is 5.26 Å². The van der Waals surface area contributed by atoms with E-state index in [2.05, 4.69) is 11.1 Å². The summed E-state index contributed by atoms with van der Waals surface area (Å²) in [4.78, 5) is 3.15. The van der Waals surface area contributed by atoms with E-state index < -0.39 is 0 Å². The van der Waals surface area contributed by atoms with Crippen LogP contribution in [0.3, 0.4) is 0 Å². The smallest absolute Gasteiger partial charge is 0.286 e. The Morgan fingerprint density at radius 1 is 1.15 bits per heavy atom. The topological polar surface area (TPSA) is 64.0 Å². The van der Waals surface area contributed by atoms with Crippen LogP contribution in [0.25, 0.3) is 11.1 Å². The van der Waals surface area contributed by atoms with Crippen molar-refractivity contribution < 1.29 is 9.37 Å². The van der Waals surface area contributed by atoms with Crippen molar-refractivity contribution in [2.45, 2.75) is 25.7 Å². The average Bonchev–Trinajstić information content (AvgIpc) is 2.47. The van der Waals surface area contributed by atoms with Crippen molar-refractivity contribution in [2.75, 3.05) is 5.73 Å². The number of H-pyrrole nitrogens is 1. The van der Waals surface area contributed by atoms with Gasteiger partial charge in [-0.15, -0.1) is 0 Å². The maximum Gasteiger partial charge on any atom is 0.289 e. The Hall–Kier alpha value is -2.41. The van der Waals surface area contributed by atoms with Gasteiger partial charge in [0.05, 0.1) is 0 Å². The summed E-state index contributed by atoms with van der Waals surface area (Å²) >= 11 is 0. The molecule has 1 heterocycles. The molecule has 0 atom stereocenters. The van der Waals surface area contributed by atoms with E-state index in [0.29, 0.717) is 11.4 Å². The molecule has 0 saturated heterocycles. The second kappa shape index (κ2) is 4.93. The summed E-state index contributed by atoms with van der Waals surface area (Å²) in [6.45, 7) is 0. The number of aryl methyl sites for hydroxylation is 1. The van der Waals surface area contributed by atoms with Crippen LogP contribution in [0.2, 0.25) is 0 Å². The molecule has 0 aliphatic heterocycles. The zero-order valence-electron chi connectivity index (χ0n) is 11.0. The Labute approximate surface area is 116 Å². The van der Waals surface area contributed by atoms with Gasteiger partial charge in [0.1, 0.15) is 23.1 Å². The van der Waals surface area contributed by atoms with Crippen LogP contribution >= 0.6 is 0 Å². The highest BCUT2D eigenvalue weighted by Crippen LogP contribution is 2.34. The van der Waals surface area contributed by atoms with E-state index in [4.69, 9.17) is 5.73 Å². The van der Waals surface area contributed by atoms with Gasteiger partial charge < -0.3 is 0 Å². The van der Waals surface area contributed by atoms with E-state index in [-0.39, 0.29) is 5.82 Å². The van der Waals surface area contributed by atoms with E-state index in [0.717, 1.165) is 48.1 Å². The summed E-state index contributed by atoms with van der Waals surface area (Å²) in [5, 5.41) is 9.39. The predicted octanol–water partition coefficient (Wildman–Crippen LogP) is 2.64. The number of nitrogens with one attached hydrogen (secondary N) is 1. The third-order valence-corrected chi connectivity index (χ3v) is 3.82. The van der Waals surface area contributed by atoms with Crippen LogP contribution in [0.15, 0.2) is 24.3 Å². The molecular weight excluding hydrogens is 253 g/mol. The highest BCUT2D eigenvalue weighted by molar-refractivity contribution is 5.77. The predicted molar refractivity (Wildman–Crippen MR) is 74.2 cm³/mol. The van der Waals surface area contributed by atoms with E-state index in [1.165, 1.54) is 12.1 Å². The Morgan fingerprint density at radius 3 is 2.55 bits per heavy atom. The van der Waals surface area contributed by atoms with Crippen molar-refractivity contribution in [1.29, 1.82) is 5.26 Å². The van der Waals surface area contributed by atoms with E-state index >= 15 is 0 Å². The van der Waals surface area contributed by atoms with Crippen molar-refractivity contribution in [3.63, 3.8) is 0 Å². The zero-order valence-corrected chi connectivity index (χ0v) is 11.0. The molecule has 1 aliphatic carbocycles. The van der Waals surface area contributed by atoms with Crippen LogP contribution in [0.4, 0.5) is 10.2 Å². The molecule has 0 spiro atoms. The molecule has 1 aromatic heterocycles. The lowest BCUT2D eigenvalue weighted by Gasteiger charge is -2.18. The average molecular weight is 268 g/mol. The van der Waals surface area contributed by atoms with Gasteiger partial charge in [0.25, 0.3) is 5.82 Å². The molecule has 20 heavy (non-hydrogen) atoms. The van der Waals surface area contributed by atoms with Crippen LogP contribution in [-0.4, -0.2) is 0 Å². The maximum atomic E-state index is 13.1. The third kappa shape index (κ3) is 2.01. The van der Waals surface area contributed by atoms with Crippen molar-refractivity contribution in [3.8, 4) is 17.2 Å². The van der Waals surface area contributed by atoms with Gasteiger partial charge in [-0.3, -0.25) is 5.73 Å². The highest BCUT2D eigenvalue weighted by atomic mass is 19.1. The van der Waals surface area contributed by atoms with Gasteiger partial charge in [0, 0.05) is 17.5 Å². The first-order valence-corrected chi connectivity index (χ1v) is 6.73. The molecule has 2 aromatic rings. The molecular formula is C16H15FN3+. The van der Waals surface area contributed by atoms with Crippen molar-refractivity contribution in [2.24, 2.45) is 0 Å². The molecule has 4 heteroatoms. The molecule has 0 amide bonds. The number of pyridine rings is 1. The first kappa shape index (κ1) is 12.6. The fraction of sp³-hybridized carbons (Fsp3) is 0.250. The van der Waals surface area contributed by atoms with Crippen LogP contribution in [0.1, 0.15) is 29.7 Å². The normalized spacial score (nSPS) is 13.6. The molecule has 0 saturated carbocycles. The molecule has 1 aliphatic rings. The number of benzene rings is 1. The zero-order chi connectivity index (χ0) is 14.1. The minimum Gasteiger partial charge on any atom is -0.286 e. The number of nitrogen functional groups attached to an aromatic ring is 1. The molecule has 3 N–H and O–H groups in total. The van der Waals surface area contributed by atoms with Crippen LogP contribution < -0.4 is 10.7 Å². The second-order valence-corrected chi connectivity index (χ2v) is 5.07. The molecule has 100 valence electrons. The van der Waals surface area contributed by atoms with Crippen LogP contribution in [0, 0.1) is 17.1 Å². The summed E-state index contributed by atoms with van der Waals surface area (Å²) in [6.07, 6.45) is 4.09. The van der Waals surface area contributed by atoms with Crippen molar-refractivity contribution in [1.82, 2.24) is 0 Å². The van der Waals surface area contributed by atoms with Crippen LogP contribution in [-0.2, 0) is 12.8 Å². The minimum atomic E-state index is -0.281. The van der Waals surface area contributed by atoms with E-state index in [1.807, 2.05) is 0 Å². The fourth-order valence-electron chi connectivity index (χ4n) is 2.88. The minimum absolute atomic E-state index is 0.281. The number of rotatable bonds is 1. The molecule has 0 bridgehead atoms. The molecule has 0 radical (unpaired) electrons. The Balaban J connectivity index is 2.29. The van der Waals surface area contributed by atoms with Gasteiger partial charge in [-0.05, 0) is 37.0 Å². The largest absolute Gasteiger partial charge is 0.289 e. The molecule has 3 nitrogen and oxygen atoms in total. The lowest BCUT2D eigenvalue weighted by molar-refractivity contribution is -0.374. The van der Waals surface area contributed by atoms with Crippen LogP contribution in [0.5, 0.6) is 0 Å². The van der Waals surface area contributed by atoms with Gasteiger partial charge in [-0.25, -0.2) is 9.37 Å². The summed E-state index contributed by atoms with van der Waals surface area (Å²) in [5.74, 6) is 0.115. The Morgan fingerprint density at radius 2 is 1.85 bits per heavy atom. The third-order valence-electron chi connectivity index (χ3n) is 3.82. The number of anilines is 1. The molecule has 0 fully saturated rings. The Kier molecular flexibility index (Phi) is 3.11. The fourth-order valence-corrected chi connectivity index (χ4v) is 2.88. The summed E-state index contributed by atoms with van der Waals surface area (Å²) in [7, 11) is 0. The van der Waals surface area contributed by atoms with Gasteiger partial charge in [0.2, 0.25) is 0 Å². The van der Waals surface area contributed by atoms with Crippen molar-refractivity contribution in [3.05, 3.63) is 46.9 Å². The lowest BCUT2D eigenvalue weighted by Crippen LogP contribution is -2.24. The molecule has 3 rings (SSSR count). The number of halogens is 1. The molecule has 1 aromatic carbocycles. The SMILES string of the molecule is N#Cc1c(N)[nH+]c2c(c1-c1ccc(F)cc1)CCCC2. The van der Waals surface area contributed by atoms with Gasteiger partial charge in [0.15, 0.2) is 0 Å². The maximum absolute atomic E-state index is 13.1. The lowest BCUT2D eigenvalue weighted by atomic mass is 9.86.